The van der Waals surface area contributed by atoms with Crippen LogP contribution in [0.5, 0.6) is 0 Å². The molecule has 1 N–H and O–H groups in total. The van der Waals surface area contributed by atoms with Crippen LogP contribution in [0.15, 0.2) is 42.5 Å². The lowest BCUT2D eigenvalue weighted by Crippen LogP contribution is -2.34. The maximum absolute atomic E-state index is 12.7. The molecule has 1 amide bonds. The number of nitrogens with one attached hydrogen (secondary N) is 1. The fraction of sp³-hybridized carbons (Fsp3) is 0.409. The molecule has 0 aromatic heterocycles. The summed E-state index contributed by atoms with van der Waals surface area (Å²) in [5, 5.41) is 2.94. The number of carbonyl (C=O) groups is 1. The molecule has 7 heteroatoms. The Kier molecular flexibility index (Phi) is 5.02. The second kappa shape index (κ2) is 7.37. The Hall–Kier alpha value is -2.54. The van der Waals surface area contributed by atoms with E-state index in [0.29, 0.717) is 17.7 Å². The summed E-state index contributed by atoms with van der Waals surface area (Å²) in [6, 6.07) is 13.0. The smallest absolute Gasteiger partial charge is 0.255 e. The van der Waals surface area contributed by atoms with Crippen LogP contribution >= 0.6 is 0 Å². The molecule has 2 aliphatic rings. The minimum absolute atomic E-state index is 0.140. The highest BCUT2D eigenvalue weighted by Crippen LogP contribution is 2.35. The predicted molar refractivity (Wildman–Crippen MR) is 117 cm³/mol. The Morgan fingerprint density at radius 1 is 1.10 bits per heavy atom. The molecule has 1 saturated heterocycles. The van der Waals surface area contributed by atoms with Gasteiger partial charge in [-0.05, 0) is 73.7 Å². The van der Waals surface area contributed by atoms with Gasteiger partial charge in [-0.1, -0.05) is 6.92 Å². The molecule has 0 spiro atoms. The highest BCUT2D eigenvalue weighted by atomic mass is 32.2. The summed E-state index contributed by atoms with van der Waals surface area (Å²) >= 11 is 0. The zero-order valence-electron chi connectivity index (χ0n) is 17.1. The molecule has 6 nitrogen and oxygen atoms in total. The van der Waals surface area contributed by atoms with Crippen molar-refractivity contribution in [3.63, 3.8) is 0 Å². The van der Waals surface area contributed by atoms with Crippen LogP contribution in [0.4, 0.5) is 17.1 Å². The number of hydrogen-bond donors (Lipinski definition) is 1. The van der Waals surface area contributed by atoms with Gasteiger partial charge >= 0.3 is 0 Å². The van der Waals surface area contributed by atoms with Gasteiger partial charge in [-0.25, -0.2) is 8.42 Å². The molecule has 29 heavy (non-hydrogen) atoms. The summed E-state index contributed by atoms with van der Waals surface area (Å²) in [6.45, 7) is 6.29. The molecule has 154 valence electrons. The highest BCUT2D eigenvalue weighted by Gasteiger charge is 2.32. The van der Waals surface area contributed by atoms with Crippen LogP contribution in [0, 0.1) is 5.92 Å². The molecule has 2 unspecified atom stereocenters. The van der Waals surface area contributed by atoms with Gasteiger partial charge in [-0.15, -0.1) is 0 Å². The first-order valence-corrected chi connectivity index (χ1v) is 11.9. The molecule has 1 fully saturated rings. The van der Waals surface area contributed by atoms with E-state index in [-0.39, 0.29) is 11.9 Å². The number of sulfonamides is 1. The Morgan fingerprint density at radius 3 is 2.45 bits per heavy atom. The van der Waals surface area contributed by atoms with Gasteiger partial charge in [0.25, 0.3) is 5.91 Å². The summed E-state index contributed by atoms with van der Waals surface area (Å²) in [6.07, 6.45) is 3.03. The van der Waals surface area contributed by atoms with Crippen LogP contribution in [0.2, 0.25) is 0 Å². The predicted octanol–water partition coefficient (Wildman–Crippen LogP) is 3.50. The summed E-state index contributed by atoms with van der Waals surface area (Å²) in [4.78, 5) is 15.1. The van der Waals surface area contributed by atoms with Gasteiger partial charge in [-0.3, -0.25) is 9.10 Å². The van der Waals surface area contributed by atoms with Gasteiger partial charge in [0, 0.05) is 36.1 Å². The van der Waals surface area contributed by atoms with Gasteiger partial charge in [0.1, 0.15) is 0 Å². The van der Waals surface area contributed by atoms with Crippen LogP contribution in [-0.2, 0) is 16.4 Å². The monoisotopic (exact) mass is 413 g/mol. The van der Waals surface area contributed by atoms with Crippen molar-refractivity contribution in [3.8, 4) is 0 Å². The molecular weight excluding hydrogens is 386 g/mol. The number of hydrogen-bond acceptors (Lipinski definition) is 4. The molecular formula is C22H27N3O3S. The molecule has 0 aliphatic carbocycles. The van der Waals surface area contributed by atoms with Gasteiger partial charge in [0.15, 0.2) is 0 Å². The number of rotatable bonds is 4. The average Bonchev–Trinajstić information content (AvgIpc) is 3.23. The van der Waals surface area contributed by atoms with Crippen LogP contribution in [-0.4, -0.2) is 39.7 Å². The van der Waals surface area contributed by atoms with Gasteiger partial charge < -0.3 is 10.2 Å². The average molecular weight is 414 g/mol. The summed E-state index contributed by atoms with van der Waals surface area (Å²) in [7, 11) is -3.33. The van der Waals surface area contributed by atoms with Crippen LogP contribution in [0.3, 0.4) is 0 Å². The van der Waals surface area contributed by atoms with Crippen LogP contribution in [0.1, 0.15) is 36.2 Å². The van der Waals surface area contributed by atoms with Crippen molar-refractivity contribution in [1.29, 1.82) is 0 Å². The summed E-state index contributed by atoms with van der Waals surface area (Å²) in [5.41, 5.74) is 4.01. The molecule has 2 aromatic carbocycles. The number of fused-ring (bicyclic) bond motifs is 1. The summed E-state index contributed by atoms with van der Waals surface area (Å²) < 4.78 is 25.5. The molecule has 0 saturated carbocycles. The molecule has 0 radical (unpaired) electrons. The van der Waals surface area contributed by atoms with Crippen molar-refractivity contribution in [2.45, 2.75) is 32.7 Å². The van der Waals surface area contributed by atoms with Crippen molar-refractivity contribution >= 4 is 33.0 Å². The van der Waals surface area contributed by atoms with Crippen LogP contribution in [0.25, 0.3) is 0 Å². The highest BCUT2D eigenvalue weighted by molar-refractivity contribution is 7.92. The third-order valence-corrected chi connectivity index (χ3v) is 7.04. The topological polar surface area (TPSA) is 69.7 Å². The minimum atomic E-state index is -3.33. The third-order valence-electron chi connectivity index (χ3n) is 5.77. The zero-order chi connectivity index (χ0) is 20.8. The number of amides is 1. The Morgan fingerprint density at radius 2 is 1.83 bits per heavy atom. The first-order chi connectivity index (χ1) is 13.7. The van der Waals surface area contributed by atoms with Crippen molar-refractivity contribution in [3.05, 3.63) is 53.6 Å². The van der Waals surface area contributed by atoms with Gasteiger partial charge in [0.2, 0.25) is 10.0 Å². The second-order valence-electron chi connectivity index (χ2n) is 8.30. The van der Waals surface area contributed by atoms with E-state index in [4.69, 9.17) is 0 Å². The van der Waals surface area contributed by atoms with Crippen molar-refractivity contribution in [1.82, 2.24) is 0 Å². The Labute approximate surface area is 172 Å². The number of nitrogens with zero attached hydrogens (tertiary/aromatic N) is 2. The molecule has 2 heterocycles. The lowest BCUT2D eigenvalue weighted by Gasteiger charge is -2.22. The summed E-state index contributed by atoms with van der Waals surface area (Å²) in [5.74, 6) is 0.524. The van der Waals surface area contributed by atoms with E-state index < -0.39 is 10.0 Å². The van der Waals surface area contributed by atoms with E-state index in [0.717, 1.165) is 30.3 Å². The number of carbonyl (C=O) groups excluding carboxylic acids is 1. The standard InChI is InChI=1S/C22H27N3O3S/c1-15-10-11-24(14-15)20-7-5-19(6-8-20)23-22(26)17-4-9-21-18(13-17)12-16(2)25(21)29(3,27)28/h4-9,13,15-16H,10-12,14H2,1-3H3,(H,23,26). The van der Waals surface area contributed by atoms with E-state index >= 15 is 0 Å². The quantitative estimate of drug-likeness (QED) is 0.833. The third kappa shape index (κ3) is 3.96. The molecule has 2 aromatic rings. The van der Waals surface area contributed by atoms with Crippen LogP contribution < -0.4 is 14.5 Å². The van der Waals surface area contributed by atoms with E-state index in [1.807, 2.05) is 31.2 Å². The molecule has 4 rings (SSSR count). The molecule has 2 atom stereocenters. The lowest BCUT2D eigenvalue weighted by molar-refractivity contribution is 0.102. The van der Waals surface area contributed by atoms with Gasteiger partial charge in [-0.2, -0.15) is 0 Å². The maximum atomic E-state index is 12.7. The molecule has 2 aliphatic heterocycles. The lowest BCUT2D eigenvalue weighted by atomic mass is 10.1. The van der Waals surface area contributed by atoms with Crippen molar-refractivity contribution in [2.24, 2.45) is 5.92 Å². The largest absolute Gasteiger partial charge is 0.371 e. The first-order valence-electron chi connectivity index (χ1n) is 10.0. The fourth-order valence-electron chi connectivity index (χ4n) is 4.38. The Bertz CT molecular complexity index is 1030. The van der Waals surface area contributed by atoms with Crippen molar-refractivity contribution < 1.29 is 13.2 Å². The van der Waals surface area contributed by atoms with E-state index in [1.165, 1.54) is 22.7 Å². The molecule has 0 bridgehead atoms. The minimum Gasteiger partial charge on any atom is -0.371 e. The van der Waals surface area contributed by atoms with Gasteiger partial charge in [0.05, 0.1) is 11.9 Å². The zero-order valence-corrected chi connectivity index (χ0v) is 17.9. The SMILES string of the molecule is CC1CCN(c2ccc(NC(=O)c3ccc4c(c3)CC(C)N4S(C)(=O)=O)cc2)C1. The number of anilines is 3. The van der Waals surface area contributed by atoms with E-state index in [9.17, 15) is 13.2 Å². The normalized spacial score (nSPS) is 21.3. The van der Waals surface area contributed by atoms with Crippen molar-refractivity contribution in [2.75, 3.05) is 33.9 Å². The second-order valence-corrected chi connectivity index (χ2v) is 10.2. The fourth-order valence-corrected chi connectivity index (χ4v) is 5.64. The number of benzene rings is 2. The maximum Gasteiger partial charge on any atom is 0.255 e. The van der Waals surface area contributed by atoms with E-state index in [2.05, 4.69) is 17.1 Å². The first kappa shape index (κ1) is 19.8. The Balaban J connectivity index is 1.48. The van der Waals surface area contributed by atoms with E-state index in [1.54, 1.807) is 18.2 Å².